The molecule has 0 unspecified atom stereocenters. The quantitative estimate of drug-likeness (QED) is 0.873. The highest BCUT2D eigenvalue weighted by atomic mass is 35.5. The van der Waals surface area contributed by atoms with Gasteiger partial charge in [-0.05, 0) is 48.9 Å². The van der Waals surface area contributed by atoms with Crippen LogP contribution >= 0.6 is 11.6 Å². The maximum atomic E-state index is 11.8. The third-order valence-electron chi connectivity index (χ3n) is 3.11. The summed E-state index contributed by atoms with van der Waals surface area (Å²) in [7, 11) is 1.61. The number of amides is 1. The Morgan fingerprint density at radius 3 is 2.45 bits per heavy atom. The molecule has 0 heterocycles. The molecule has 22 heavy (non-hydrogen) atoms. The molecule has 1 amide bonds. The van der Waals surface area contributed by atoms with Crippen molar-refractivity contribution in [1.29, 1.82) is 0 Å². The second-order valence-electron chi connectivity index (χ2n) is 4.79. The molecule has 0 bridgehead atoms. The van der Waals surface area contributed by atoms with Crippen LogP contribution in [-0.2, 0) is 4.79 Å². The zero-order valence-electron chi connectivity index (χ0n) is 12.6. The van der Waals surface area contributed by atoms with E-state index < -0.39 is 0 Å². The van der Waals surface area contributed by atoms with Gasteiger partial charge in [-0.3, -0.25) is 4.79 Å². The zero-order chi connectivity index (χ0) is 15.9. The van der Waals surface area contributed by atoms with Crippen LogP contribution in [0.3, 0.4) is 0 Å². The number of carbonyl (C=O) groups excluding carboxylic acids is 1. The largest absolute Gasteiger partial charge is 0.497 e. The Bertz CT molecular complexity index is 641. The Hall–Kier alpha value is -2.20. The molecule has 0 aliphatic rings. The third-order valence-corrected chi connectivity index (χ3v) is 3.52. The maximum Gasteiger partial charge on any atom is 0.227 e. The van der Waals surface area contributed by atoms with E-state index in [2.05, 4.69) is 5.32 Å². The predicted molar refractivity (Wildman–Crippen MR) is 87.9 cm³/mol. The van der Waals surface area contributed by atoms with E-state index in [-0.39, 0.29) is 12.3 Å². The molecule has 0 fully saturated rings. The Balaban J connectivity index is 1.78. The first-order valence-corrected chi connectivity index (χ1v) is 7.29. The Morgan fingerprint density at radius 2 is 1.82 bits per heavy atom. The number of benzene rings is 2. The number of hydrogen-bond acceptors (Lipinski definition) is 3. The van der Waals surface area contributed by atoms with Gasteiger partial charge in [0.2, 0.25) is 5.91 Å². The molecule has 4 nitrogen and oxygen atoms in total. The summed E-state index contributed by atoms with van der Waals surface area (Å²) in [6, 6.07) is 12.6. The highest BCUT2D eigenvalue weighted by Crippen LogP contribution is 2.20. The van der Waals surface area contributed by atoms with Gasteiger partial charge in [0.25, 0.3) is 0 Å². The normalized spacial score (nSPS) is 10.1. The lowest BCUT2D eigenvalue weighted by Crippen LogP contribution is -2.15. The van der Waals surface area contributed by atoms with Crippen molar-refractivity contribution in [3.63, 3.8) is 0 Å². The first-order valence-electron chi connectivity index (χ1n) is 6.91. The fourth-order valence-electron chi connectivity index (χ4n) is 1.83. The number of ether oxygens (including phenoxy) is 2. The number of rotatable bonds is 6. The van der Waals surface area contributed by atoms with Crippen molar-refractivity contribution in [2.75, 3.05) is 19.0 Å². The van der Waals surface area contributed by atoms with E-state index >= 15 is 0 Å². The fraction of sp³-hybridized carbons (Fsp3) is 0.235. The summed E-state index contributed by atoms with van der Waals surface area (Å²) in [5, 5.41) is 3.42. The first kappa shape index (κ1) is 16.2. The Kier molecular flexibility index (Phi) is 5.67. The first-order chi connectivity index (χ1) is 10.6. The lowest BCUT2D eigenvalue weighted by Gasteiger charge is -2.08. The van der Waals surface area contributed by atoms with Crippen LogP contribution in [0.4, 0.5) is 5.69 Å². The van der Waals surface area contributed by atoms with E-state index in [1.165, 1.54) is 0 Å². The van der Waals surface area contributed by atoms with Gasteiger partial charge in [0.1, 0.15) is 11.5 Å². The molecule has 0 radical (unpaired) electrons. The van der Waals surface area contributed by atoms with Gasteiger partial charge in [-0.1, -0.05) is 17.7 Å². The monoisotopic (exact) mass is 319 g/mol. The smallest absolute Gasteiger partial charge is 0.227 e. The minimum absolute atomic E-state index is 0.117. The molecular weight excluding hydrogens is 302 g/mol. The van der Waals surface area contributed by atoms with Gasteiger partial charge in [0.05, 0.1) is 20.1 Å². The molecule has 2 aromatic rings. The van der Waals surface area contributed by atoms with Crippen molar-refractivity contribution in [3.05, 3.63) is 53.1 Å². The van der Waals surface area contributed by atoms with Crippen LogP contribution in [0.1, 0.15) is 12.0 Å². The average molecular weight is 320 g/mol. The molecule has 1 N–H and O–H groups in total. The highest BCUT2D eigenvalue weighted by Gasteiger charge is 2.05. The van der Waals surface area contributed by atoms with Crippen molar-refractivity contribution in [1.82, 2.24) is 0 Å². The molecule has 0 aromatic heterocycles. The van der Waals surface area contributed by atoms with Crippen molar-refractivity contribution >= 4 is 23.2 Å². The zero-order valence-corrected chi connectivity index (χ0v) is 13.3. The third kappa shape index (κ3) is 4.67. The van der Waals surface area contributed by atoms with Crippen molar-refractivity contribution in [3.8, 4) is 11.5 Å². The summed E-state index contributed by atoms with van der Waals surface area (Å²) in [5.74, 6) is 1.35. The van der Waals surface area contributed by atoms with Gasteiger partial charge >= 0.3 is 0 Å². The predicted octanol–water partition coefficient (Wildman–Crippen LogP) is 4.06. The van der Waals surface area contributed by atoms with Gasteiger partial charge in [0, 0.05) is 10.7 Å². The number of anilines is 1. The van der Waals surface area contributed by atoms with Gasteiger partial charge in [0.15, 0.2) is 0 Å². The van der Waals surface area contributed by atoms with Crippen molar-refractivity contribution < 1.29 is 14.3 Å². The van der Waals surface area contributed by atoms with E-state index in [0.29, 0.717) is 23.1 Å². The minimum Gasteiger partial charge on any atom is -0.497 e. The van der Waals surface area contributed by atoms with E-state index in [1.54, 1.807) is 25.3 Å². The number of aryl methyl sites for hydroxylation is 1. The van der Waals surface area contributed by atoms with Crippen molar-refractivity contribution in [2.45, 2.75) is 13.3 Å². The minimum atomic E-state index is -0.117. The van der Waals surface area contributed by atoms with E-state index in [1.807, 2.05) is 31.2 Å². The summed E-state index contributed by atoms with van der Waals surface area (Å²) < 4.78 is 10.6. The molecule has 0 spiro atoms. The number of halogens is 1. The van der Waals surface area contributed by atoms with Gasteiger partial charge < -0.3 is 14.8 Å². The van der Waals surface area contributed by atoms with Crippen LogP contribution in [0.2, 0.25) is 5.02 Å². The second-order valence-corrected chi connectivity index (χ2v) is 5.19. The Morgan fingerprint density at radius 1 is 1.14 bits per heavy atom. The van der Waals surface area contributed by atoms with E-state index in [0.717, 1.165) is 11.3 Å². The SMILES string of the molecule is COc1ccc(OCCC(=O)Nc2ccc(C)c(Cl)c2)cc1. The summed E-state index contributed by atoms with van der Waals surface area (Å²) in [5.41, 5.74) is 1.66. The number of carbonyl (C=O) groups is 1. The maximum absolute atomic E-state index is 11.8. The van der Waals surface area contributed by atoms with Crippen LogP contribution in [0.15, 0.2) is 42.5 Å². The topological polar surface area (TPSA) is 47.6 Å². The molecule has 2 aromatic carbocycles. The molecule has 0 saturated heterocycles. The number of nitrogens with one attached hydrogen (secondary N) is 1. The number of methoxy groups -OCH3 is 1. The lowest BCUT2D eigenvalue weighted by atomic mass is 10.2. The average Bonchev–Trinajstić information content (AvgIpc) is 2.51. The standard InChI is InChI=1S/C17H18ClNO3/c1-12-3-4-13(11-16(12)18)19-17(20)9-10-22-15-7-5-14(21-2)6-8-15/h3-8,11H,9-10H2,1-2H3,(H,19,20). The highest BCUT2D eigenvalue weighted by molar-refractivity contribution is 6.31. The van der Waals surface area contributed by atoms with Gasteiger partial charge in [-0.15, -0.1) is 0 Å². The summed E-state index contributed by atoms with van der Waals surface area (Å²) in [6.45, 7) is 2.22. The number of hydrogen-bond donors (Lipinski definition) is 1. The molecule has 116 valence electrons. The van der Waals surface area contributed by atoms with Crippen LogP contribution in [-0.4, -0.2) is 19.6 Å². The Labute approximate surface area is 135 Å². The summed E-state index contributed by atoms with van der Waals surface area (Å²) >= 11 is 6.02. The second kappa shape index (κ2) is 7.71. The summed E-state index contributed by atoms with van der Waals surface area (Å²) in [6.07, 6.45) is 0.261. The summed E-state index contributed by atoms with van der Waals surface area (Å²) in [4.78, 5) is 11.8. The lowest BCUT2D eigenvalue weighted by molar-refractivity contribution is -0.116. The van der Waals surface area contributed by atoms with E-state index in [4.69, 9.17) is 21.1 Å². The van der Waals surface area contributed by atoms with Crippen LogP contribution in [0, 0.1) is 6.92 Å². The van der Waals surface area contributed by atoms with Crippen LogP contribution in [0.25, 0.3) is 0 Å². The van der Waals surface area contributed by atoms with E-state index in [9.17, 15) is 4.79 Å². The molecule has 0 aliphatic carbocycles. The fourth-order valence-corrected chi connectivity index (χ4v) is 2.01. The van der Waals surface area contributed by atoms with Gasteiger partial charge in [-0.25, -0.2) is 0 Å². The molecule has 2 rings (SSSR count). The van der Waals surface area contributed by atoms with Crippen LogP contribution in [0.5, 0.6) is 11.5 Å². The van der Waals surface area contributed by atoms with Crippen molar-refractivity contribution in [2.24, 2.45) is 0 Å². The van der Waals surface area contributed by atoms with Crippen LogP contribution < -0.4 is 14.8 Å². The molecule has 0 aliphatic heterocycles. The molecule has 0 saturated carbocycles. The van der Waals surface area contributed by atoms with Gasteiger partial charge in [-0.2, -0.15) is 0 Å². The molecule has 5 heteroatoms. The molecular formula is C17H18ClNO3. The molecule has 0 atom stereocenters.